The molecule has 1 heterocycles. The molecule has 3 aromatic rings. The van der Waals surface area contributed by atoms with Crippen LogP contribution in [0.5, 0.6) is 0 Å². The van der Waals surface area contributed by atoms with Crippen LogP contribution in [0.2, 0.25) is 0 Å². The van der Waals surface area contributed by atoms with Crippen molar-refractivity contribution >= 4 is 16.8 Å². The average Bonchev–Trinajstić information content (AvgIpc) is 2.56. The molecule has 3 rings (SSSR count). The summed E-state index contributed by atoms with van der Waals surface area (Å²) in [7, 11) is 0. The number of rotatable bonds is 4. The van der Waals surface area contributed by atoms with Gasteiger partial charge < -0.3 is 0 Å². The van der Waals surface area contributed by atoms with Crippen LogP contribution in [0.3, 0.4) is 0 Å². The lowest BCUT2D eigenvalue weighted by Crippen LogP contribution is -2.37. The lowest BCUT2D eigenvalue weighted by atomic mass is 10.1. The first kappa shape index (κ1) is 17.7. The Kier molecular flexibility index (Phi) is 4.75. The molecule has 0 unspecified atom stereocenters. The highest BCUT2D eigenvalue weighted by molar-refractivity contribution is 5.86. The molecule has 1 amide bonds. The largest absolute Gasteiger partial charge is 0.283 e. The summed E-state index contributed by atoms with van der Waals surface area (Å²) in [6.45, 7) is 1.68. The topological polar surface area (TPSA) is 64.0 Å². The highest BCUT2D eigenvalue weighted by Gasteiger charge is 2.16. The van der Waals surface area contributed by atoms with Gasteiger partial charge in [-0.15, -0.1) is 0 Å². The zero-order valence-electron chi connectivity index (χ0n) is 13.7. The lowest BCUT2D eigenvalue weighted by Gasteiger charge is -2.14. The Morgan fingerprint density at radius 3 is 2.62 bits per heavy atom. The average molecular weight is 361 g/mol. The molecule has 0 aliphatic carbocycles. The number of hydrogen-bond donors (Lipinski definition) is 1. The van der Waals surface area contributed by atoms with E-state index in [1.165, 1.54) is 18.2 Å². The second kappa shape index (κ2) is 6.99. The van der Waals surface area contributed by atoms with Crippen molar-refractivity contribution in [2.75, 3.05) is 5.43 Å². The van der Waals surface area contributed by atoms with Crippen molar-refractivity contribution in [3.63, 3.8) is 0 Å². The number of halogens is 3. The molecule has 0 fully saturated rings. The SMILES string of the molecule is CCc1nc2cc(F)cc(F)c2c(=O)n1NC(=O)Cc1cccc(F)c1. The van der Waals surface area contributed by atoms with Crippen LogP contribution >= 0.6 is 0 Å². The van der Waals surface area contributed by atoms with E-state index in [2.05, 4.69) is 10.4 Å². The van der Waals surface area contributed by atoms with Gasteiger partial charge in [-0.2, -0.15) is 0 Å². The van der Waals surface area contributed by atoms with Crippen LogP contribution in [0, 0.1) is 17.5 Å². The Balaban J connectivity index is 2.00. The minimum Gasteiger partial charge on any atom is -0.273 e. The summed E-state index contributed by atoms with van der Waals surface area (Å²) in [5.41, 5.74) is 1.79. The Bertz CT molecular complexity index is 1060. The molecule has 0 atom stereocenters. The van der Waals surface area contributed by atoms with Gasteiger partial charge in [0, 0.05) is 18.6 Å². The number of amides is 1. The van der Waals surface area contributed by atoms with Crippen molar-refractivity contribution in [2.24, 2.45) is 0 Å². The molecule has 0 aliphatic heterocycles. The first-order valence-electron chi connectivity index (χ1n) is 7.84. The summed E-state index contributed by atoms with van der Waals surface area (Å²) in [6.07, 6.45) is 0.0564. The minimum atomic E-state index is -1.06. The highest BCUT2D eigenvalue weighted by Crippen LogP contribution is 2.15. The van der Waals surface area contributed by atoms with Crippen molar-refractivity contribution in [3.05, 3.63) is 75.6 Å². The summed E-state index contributed by atoms with van der Waals surface area (Å²) in [5.74, 6) is -2.86. The predicted octanol–water partition coefficient (Wildman–Crippen LogP) is 2.69. The van der Waals surface area contributed by atoms with E-state index in [1.54, 1.807) is 13.0 Å². The van der Waals surface area contributed by atoms with E-state index in [1.807, 2.05) is 0 Å². The van der Waals surface area contributed by atoms with Gasteiger partial charge in [-0.1, -0.05) is 19.1 Å². The fourth-order valence-corrected chi connectivity index (χ4v) is 2.63. The van der Waals surface area contributed by atoms with E-state index < -0.39 is 34.3 Å². The first-order chi connectivity index (χ1) is 12.4. The maximum absolute atomic E-state index is 14.0. The van der Waals surface area contributed by atoms with Crippen LogP contribution in [0.25, 0.3) is 10.9 Å². The van der Waals surface area contributed by atoms with Gasteiger partial charge in [0.15, 0.2) is 0 Å². The normalized spacial score (nSPS) is 10.9. The summed E-state index contributed by atoms with van der Waals surface area (Å²) >= 11 is 0. The molecule has 1 N–H and O–H groups in total. The van der Waals surface area contributed by atoms with Crippen LogP contribution in [-0.4, -0.2) is 15.6 Å². The number of benzene rings is 2. The molecular formula is C18H14F3N3O2. The van der Waals surface area contributed by atoms with Crippen LogP contribution < -0.4 is 11.0 Å². The fourth-order valence-electron chi connectivity index (χ4n) is 2.63. The molecule has 5 nitrogen and oxygen atoms in total. The molecule has 0 radical (unpaired) electrons. The van der Waals surface area contributed by atoms with Gasteiger partial charge in [0.2, 0.25) is 5.91 Å². The third kappa shape index (κ3) is 3.44. The maximum atomic E-state index is 14.0. The molecule has 0 saturated heterocycles. The zero-order chi connectivity index (χ0) is 18.8. The second-order valence-corrected chi connectivity index (χ2v) is 5.65. The Labute approximate surface area is 146 Å². The summed E-state index contributed by atoms with van der Waals surface area (Å²) in [6, 6.07) is 7.00. The van der Waals surface area contributed by atoms with Gasteiger partial charge >= 0.3 is 0 Å². The molecule has 2 aromatic carbocycles. The monoisotopic (exact) mass is 361 g/mol. The molecule has 0 spiro atoms. The van der Waals surface area contributed by atoms with Crippen molar-refractivity contribution < 1.29 is 18.0 Å². The van der Waals surface area contributed by atoms with Crippen molar-refractivity contribution in [1.82, 2.24) is 9.66 Å². The van der Waals surface area contributed by atoms with Crippen LogP contribution in [-0.2, 0) is 17.6 Å². The summed E-state index contributed by atoms with van der Waals surface area (Å²) in [5, 5.41) is -0.422. The number of nitrogens with one attached hydrogen (secondary N) is 1. The van der Waals surface area contributed by atoms with Gasteiger partial charge in [-0.3, -0.25) is 15.0 Å². The van der Waals surface area contributed by atoms with E-state index in [0.29, 0.717) is 11.6 Å². The molecule has 8 heteroatoms. The second-order valence-electron chi connectivity index (χ2n) is 5.65. The van der Waals surface area contributed by atoms with Gasteiger partial charge in [0.05, 0.1) is 11.9 Å². The van der Waals surface area contributed by atoms with E-state index >= 15 is 0 Å². The van der Waals surface area contributed by atoms with Crippen LogP contribution in [0.15, 0.2) is 41.2 Å². The summed E-state index contributed by atoms with van der Waals surface area (Å²) in [4.78, 5) is 28.8. The molecule has 0 saturated carbocycles. The Morgan fingerprint density at radius 2 is 1.92 bits per heavy atom. The van der Waals surface area contributed by atoms with E-state index in [-0.39, 0.29) is 24.2 Å². The van der Waals surface area contributed by atoms with E-state index in [9.17, 15) is 22.8 Å². The standard InChI is InChI=1S/C18H14F3N3O2/c1-2-15-22-14-9-12(20)8-13(21)17(14)18(26)24(15)23-16(25)7-10-4-3-5-11(19)6-10/h3-6,8-9H,2,7H2,1H3,(H,23,25). The zero-order valence-corrected chi connectivity index (χ0v) is 13.7. The molecule has 0 bridgehead atoms. The van der Waals surface area contributed by atoms with Crippen LogP contribution in [0.4, 0.5) is 13.2 Å². The highest BCUT2D eigenvalue weighted by atomic mass is 19.1. The molecule has 1 aromatic heterocycles. The molecular weight excluding hydrogens is 347 g/mol. The first-order valence-corrected chi connectivity index (χ1v) is 7.84. The van der Waals surface area contributed by atoms with Gasteiger partial charge in [-0.25, -0.2) is 22.8 Å². The molecule has 26 heavy (non-hydrogen) atoms. The molecule has 0 aliphatic rings. The maximum Gasteiger partial charge on any atom is 0.283 e. The Morgan fingerprint density at radius 1 is 1.15 bits per heavy atom. The van der Waals surface area contributed by atoms with Crippen molar-refractivity contribution in [3.8, 4) is 0 Å². The smallest absolute Gasteiger partial charge is 0.273 e. The van der Waals surface area contributed by atoms with Crippen molar-refractivity contribution in [1.29, 1.82) is 0 Å². The third-order valence-electron chi connectivity index (χ3n) is 3.77. The number of hydrogen-bond acceptors (Lipinski definition) is 3. The fraction of sp³-hybridized carbons (Fsp3) is 0.167. The predicted molar refractivity (Wildman–Crippen MR) is 89.8 cm³/mol. The van der Waals surface area contributed by atoms with Gasteiger partial charge in [0.25, 0.3) is 5.56 Å². The van der Waals surface area contributed by atoms with E-state index in [0.717, 1.165) is 10.7 Å². The quantitative estimate of drug-likeness (QED) is 0.777. The van der Waals surface area contributed by atoms with Gasteiger partial charge in [0.1, 0.15) is 28.7 Å². The number of fused-ring (bicyclic) bond motifs is 1. The van der Waals surface area contributed by atoms with E-state index in [4.69, 9.17) is 0 Å². The van der Waals surface area contributed by atoms with Crippen LogP contribution in [0.1, 0.15) is 18.3 Å². The van der Waals surface area contributed by atoms with Gasteiger partial charge in [-0.05, 0) is 17.7 Å². The number of nitrogens with zero attached hydrogens (tertiary/aromatic N) is 2. The Hall–Kier alpha value is -3.16. The van der Waals surface area contributed by atoms with Crippen molar-refractivity contribution in [2.45, 2.75) is 19.8 Å². The number of aromatic nitrogens is 2. The lowest BCUT2D eigenvalue weighted by molar-refractivity contribution is -0.116. The number of carbonyl (C=O) groups excluding carboxylic acids is 1. The third-order valence-corrected chi connectivity index (χ3v) is 3.77. The summed E-state index contributed by atoms with van der Waals surface area (Å²) < 4.78 is 41.4. The number of carbonyl (C=O) groups is 1. The minimum absolute atomic E-state index is 0.125. The molecule has 134 valence electrons. The number of aryl methyl sites for hydroxylation is 1.